The van der Waals surface area contributed by atoms with E-state index in [0.29, 0.717) is 0 Å². The Bertz CT molecular complexity index is 658. The lowest BCUT2D eigenvalue weighted by Gasteiger charge is -2.07. The van der Waals surface area contributed by atoms with Crippen LogP contribution < -0.4 is 4.74 Å². The molecule has 1 heterocycles. The van der Waals surface area contributed by atoms with Gasteiger partial charge in [-0.05, 0) is 61.3 Å². The first kappa shape index (κ1) is 24.7. The van der Waals surface area contributed by atoms with Gasteiger partial charge < -0.3 is 4.74 Å². The van der Waals surface area contributed by atoms with Gasteiger partial charge in [-0.25, -0.2) is 9.97 Å². The van der Waals surface area contributed by atoms with Crippen molar-refractivity contribution in [3.8, 4) is 17.1 Å². The predicted octanol–water partition coefficient (Wildman–Crippen LogP) is 7.70. The van der Waals surface area contributed by atoms with Crippen molar-refractivity contribution < 1.29 is 4.74 Å². The maximum absolute atomic E-state index is 5.83. The standard InChI is InChI=1S/C26H40N2OS/c1-2-3-4-5-6-7-8-11-14-23-21-27-26(28-22-23)24-15-17-25(18-16-24)29-19-12-9-10-13-20-30/h15-18,21-22,30H,2-14,19-20H2,1H3. The van der Waals surface area contributed by atoms with Crippen molar-refractivity contribution in [2.24, 2.45) is 0 Å². The first-order valence-corrected chi connectivity index (χ1v) is 12.6. The summed E-state index contributed by atoms with van der Waals surface area (Å²) < 4.78 is 5.83. The highest BCUT2D eigenvalue weighted by molar-refractivity contribution is 7.80. The van der Waals surface area contributed by atoms with E-state index in [-0.39, 0.29) is 0 Å². The van der Waals surface area contributed by atoms with Crippen molar-refractivity contribution >= 4 is 12.6 Å². The molecule has 2 aromatic rings. The van der Waals surface area contributed by atoms with E-state index in [9.17, 15) is 0 Å². The Morgan fingerprint density at radius 2 is 1.33 bits per heavy atom. The molecule has 166 valence electrons. The largest absolute Gasteiger partial charge is 0.494 e. The molecule has 1 aromatic heterocycles. The average Bonchev–Trinajstić information content (AvgIpc) is 2.79. The minimum Gasteiger partial charge on any atom is -0.494 e. The number of ether oxygens (including phenoxy) is 1. The number of rotatable bonds is 17. The molecular formula is C26H40N2OS. The Balaban J connectivity index is 1.65. The van der Waals surface area contributed by atoms with E-state index in [2.05, 4.69) is 29.5 Å². The Kier molecular flexibility index (Phi) is 13.3. The van der Waals surface area contributed by atoms with Crippen LogP contribution in [-0.2, 0) is 6.42 Å². The quantitative estimate of drug-likeness (QED) is 0.207. The zero-order chi connectivity index (χ0) is 21.3. The molecule has 0 atom stereocenters. The van der Waals surface area contributed by atoms with Gasteiger partial charge in [-0.3, -0.25) is 0 Å². The molecule has 0 radical (unpaired) electrons. The van der Waals surface area contributed by atoms with Crippen molar-refractivity contribution in [3.05, 3.63) is 42.2 Å². The number of hydrogen-bond acceptors (Lipinski definition) is 4. The molecule has 2 rings (SSSR count). The van der Waals surface area contributed by atoms with Gasteiger partial charge in [-0.1, -0.05) is 64.7 Å². The molecule has 1 aromatic carbocycles. The lowest BCUT2D eigenvalue weighted by Crippen LogP contribution is -1.97. The van der Waals surface area contributed by atoms with Crippen LogP contribution in [0.15, 0.2) is 36.7 Å². The average molecular weight is 429 g/mol. The fraction of sp³-hybridized carbons (Fsp3) is 0.615. The van der Waals surface area contributed by atoms with Crippen LogP contribution in [0.25, 0.3) is 11.4 Å². The summed E-state index contributed by atoms with van der Waals surface area (Å²) in [5, 5.41) is 0. The summed E-state index contributed by atoms with van der Waals surface area (Å²) in [7, 11) is 0. The molecule has 0 spiro atoms. The molecule has 0 saturated heterocycles. The summed E-state index contributed by atoms with van der Waals surface area (Å²) in [6.45, 7) is 3.04. The molecule has 0 amide bonds. The van der Waals surface area contributed by atoms with E-state index in [1.54, 1.807) is 0 Å². The lowest BCUT2D eigenvalue weighted by atomic mass is 10.1. The van der Waals surface area contributed by atoms with Crippen LogP contribution in [0.4, 0.5) is 0 Å². The zero-order valence-corrected chi connectivity index (χ0v) is 19.7. The fourth-order valence-corrected chi connectivity index (χ4v) is 3.78. The summed E-state index contributed by atoms with van der Waals surface area (Å²) >= 11 is 4.24. The van der Waals surface area contributed by atoms with Crippen molar-refractivity contribution in [2.75, 3.05) is 12.4 Å². The highest BCUT2D eigenvalue weighted by Gasteiger charge is 2.03. The van der Waals surface area contributed by atoms with E-state index in [1.807, 2.05) is 36.7 Å². The van der Waals surface area contributed by atoms with Gasteiger partial charge in [0, 0.05) is 18.0 Å². The van der Waals surface area contributed by atoms with Gasteiger partial charge in [0.2, 0.25) is 0 Å². The highest BCUT2D eigenvalue weighted by Crippen LogP contribution is 2.20. The number of unbranched alkanes of at least 4 members (excludes halogenated alkanes) is 10. The highest BCUT2D eigenvalue weighted by atomic mass is 32.1. The van der Waals surface area contributed by atoms with Gasteiger partial charge in [0.25, 0.3) is 0 Å². The van der Waals surface area contributed by atoms with Crippen molar-refractivity contribution in [1.82, 2.24) is 9.97 Å². The summed E-state index contributed by atoms with van der Waals surface area (Å²) in [4.78, 5) is 9.15. The number of nitrogens with zero attached hydrogens (tertiary/aromatic N) is 2. The molecule has 30 heavy (non-hydrogen) atoms. The monoisotopic (exact) mass is 428 g/mol. The van der Waals surface area contributed by atoms with Crippen LogP contribution in [0, 0.1) is 0 Å². The topological polar surface area (TPSA) is 35.0 Å². The molecule has 0 saturated carbocycles. The van der Waals surface area contributed by atoms with E-state index < -0.39 is 0 Å². The minimum absolute atomic E-state index is 0.774. The van der Waals surface area contributed by atoms with Crippen molar-refractivity contribution in [1.29, 1.82) is 0 Å². The van der Waals surface area contributed by atoms with Crippen molar-refractivity contribution in [2.45, 2.75) is 90.4 Å². The van der Waals surface area contributed by atoms with E-state index in [0.717, 1.165) is 42.3 Å². The Hall–Kier alpha value is -1.55. The Labute approximate surface area is 189 Å². The fourth-order valence-electron chi connectivity index (χ4n) is 3.55. The molecular weight excluding hydrogens is 388 g/mol. The summed E-state index contributed by atoms with van der Waals surface area (Å²) in [6, 6.07) is 8.12. The van der Waals surface area contributed by atoms with Crippen LogP contribution in [0.1, 0.15) is 89.5 Å². The predicted molar refractivity (Wildman–Crippen MR) is 132 cm³/mol. The molecule has 0 aliphatic carbocycles. The van der Waals surface area contributed by atoms with Gasteiger partial charge in [0.1, 0.15) is 5.75 Å². The van der Waals surface area contributed by atoms with Crippen LogP contribution in [0.2, 0.25) is 0 Å². The van der Waals surface area contributed by atoms with Crippen LogP contribution in [0.5, 0.6) is 5.75 Å². The lowest BCUT2D eigenvalue weighted by molar-refractivity contribution is 0.305. The van der Waals surface area contributed by atoms with Crippen molar-refractivity contribution in [3.63, 3.8) is 0 Å². The maximum atomic E-state index is 5.83. The SMILES string of the molecule is CCCCCCCCCCc1cnc(-c2ccc(OCCCCCCS)cc2)nc1. The molecule has 4 heteroatoms. The first-order valence-electron chi connectivity index (χ1n) is 12.0. The molecule has 0 bridgehead atoms. The number of aryl methyl sites for hydroxylation is 1. The third-order valence-electron chi connectivity index (χ3n) is 5.46. The third-order valence-corrected chi connectivity index (χ3v) is 5.77. The van der Waals surface area contributed by atoms with Crippen LogP contribution in [-0.4, -0.2) is 22.3 Å². The number of aromatic nitrogens is 2. The maximum Gasteiger partial charge on any atom is 0.159 e. The first-order chi connectivity index (χ1) is 14.8. The van der Waals surface area contributed by atoms with Gasteiger partial charge in [0.15, 0.2) is 5.82 Å². The van der Waals surface area contributed by atoms with E-state index >= 15 is 0 Å². The molecule has 0 aliphatic rings. The molecule has 3 nitrogen and oxygen atoms in total. The van der Waals surface area contributed by atoms with Gasteiger partial charge >= 0.3 is 0 Å². The molecule has 0 aliphatic heterocycles. The number of benzene rings is 1. The normalized spacial score (nSPS) is 11.0. The Morgan fingerprint density at radius 1 is 0.733 bits per heavy atom. The summed E-state index contributed by atoms with van der Waals surface area (Å²) in [5.74, 6) is 2.68. The number of thiol groups is 1. The molecule has 0 N–H and O–H groups in total. The van der Waals surface area contributed by atoms with Gasteiger partial charge in [-0.15, -0.1) is 0 Å². The summed E-state index contributed by atoms with van der Waals surface area (Å²) in [6.07, 6.45) is 20.6. The van der Waals surface area contributed by atoms with E-state index in [1.165, 1.54) is 76.2 Å². The second-order valence-corrected chi connectivity index (χ2v) is 8.60. The van der Waals surface area contributed by atoms with Crippen LogP contribution >= 0.6 is 12.6 Å². The third kappa shape index (κ3) is 10.5. The van der Waals surface area contributed by atoms with E-state index in [4.69, 9.17) is 4.74 Å². The Morgan fingerprint density at radius 3 is 2.00 bits per heavy atom. The number of hydrogen-bond donors (Lipinski definition) is 1. The summed E-state index contributed by atoms with van der Waals surface area (Å²) in [5.41, 5.74) is 2.28. The smallest absolute Gasteiger partial charge is 0.159 e. The minimum atomic E-state index is 0.774. The van der Waals surface area contributed by atoms with Gasteiger partial charge in [0.05, 0.1) is 6.61 Å². The van der Waals surface area contributed by atoms with Crippen LogP contribution in [0.3, 0.4) is 0 Å². The van der Waals surface area contributed by atoms with Gasteiger partial charge in [-0.2, -0.15) is 12.6 Å². The molecule has 0 fully saturated rings. The second-order valence-electron chi connectivity index (χ2n) is 8.15. The zero-order valence-electron chi connectivity index (χ0n) is 18.8. The second kappa shape index (κ2) is 16.2. The molecule has 0 unspecified atom stereocenters.